The normalized spacial score (nSPS) is 14.5. The van der Waals surface area contributed by atoms with Gasteiger partial charge in [-0.15, -0.1) is 11.3 Å². The number of halogens is 2. The Morgan fingerprint density at radius 2 is 2.13 bits per heavy atom. The largest absolute Gasteiger partial charge is 0.359 e. The molecule has 8 heteroatoms. The smallest absolute Gasteiger partial charge is 0.256 e. The van der Waals surface area contributed by atoms with Gasteiger partial charge >= 0.3 is 0 Å². The lowest BCUT2D eigenvalue weighted by atomic mass is 10.2. The van der Waals surface area contributed by atoms with E-state index in [0.29, 0.717) is 33.7 Å². The van der Waals surface area contributed by atoms with Gasteiger partial charge in [0.25, 0.3) is 5.91 Å². The summed E-state index contributed by atoms with van der Waals surface area (Å²) in [5, 5.41) is 7.73. The van der Waals surface area contributed by atoms with Crippen LogP contribution in [0.3, 0.4) is 0 Å². The molecule has 2 aromatic rings. The van der Waals surface area contributed by atoms with Crippen molar-refractivity contribution in [1.82, 2.24) is 5.32 Å². The van der Waals surface area contributed by atoms with E-state index in [9.17, 15) is 9.59 Å². The average molecular weight is 370 g/mol. The van der Waals surface area contributed by atoms with Crippen LogP contribution in [0, 0.1) is 0 Å². The maximum absolute atomic E-state index is 12.1. The van der Waals surface area contributed by atoms with Crippen LogP contribution in [0.4, 0.5) is 11.4 Å². The number of nitrogens with one attached hydrogen (secondary N) is 2. The first-order valence-electron chi connectivity index (χ1n) is 6.89. The van der Waals surface area contributed by atoms with Gasteiger partial charge in [0.15, 0.2) is 0 Å². The van der Waals surface area contributed by atoms with Crippen LogP contribution in [0.25, 0.3) is 0 Å². The van der Waals surface area contributed by atoms with Gasteiger partial charge in [0.2, 0.25) is 5.91 Å². The van der Waals surface area contributed by atoms with E-state index in [1.807, 2.05) is 4.90 Å². The molecular weight excluding hydrogens is 357 g/mol. The molecule has 2 amide bonds. The van der Waals surface area contributed by atoms with Crippen LogP contribution >= 0.6 is 34.5 Å². The van der Waals surface area contributed by atoms with Gasteiger partial charge in [-0.25, -0.2) is 0 Å². The standard InChI is InChI=1S/C15H13Cl2N3O2S/c16-11-6-10(19-15(22)9-5-13(17)23-8-9)1-2-12(11)20-4-3-18-14(21)7-20/h1-2,5-6,8H,3-4,7H2,(H,18,21)(H,19,22). The van der Waals surface area contributed by atoms with Crippen molar-refractivity contribution in [3.05, 3.63) is 44.6 Å². The Bertz CT molecular complexity index is 763. The maximum atomic E-state index is 12.1. The summed E-state index contributed by atoms with van der Waals surface area (Å²) in [6.07, 6.45) is 0. The number of piperazine rings is 1. The van der Waals surface area contributed by atoms with Crippen molar-refractivity contribution < 1.29 is 9.59 Å². The zero-order chi connectivity index (χ0) is 16.4. The summed E-state index contributed by atoms with van der Waals surface area (Å²) in [6.45, 7) is 1.57. The lowest BCUT2D eigenvalue weighted by Gasteiger charge is -2.29. The predicted molar refractivity (Wildman–Crippen MR) is 94.0 cm³/mol. The Kier molecular flexibility index (Phi) is 4.75. The number of thiophene rings is 1. The molecule has 3 rings (SSSR count). The Morgan fingerprint density at radius 1 is 1.30 bits per heavy atom. The fourth-order valence-electron chi connectivity index (χ4n) is 2.32. The Morgan fingerprint density at radius 3 is 2.78 bits per heavy atom. The van der Waals surface area contributed by atoms with E-state index in [1.165, 1.54) is 11.3 Å². The highest BCUT2D eigenvalue weighted by molar-refractivity contribution is 7.14. The van der Waals surface area contributed by atoms with Crippen LogP contribution in [-0.4, -0.2) is 31.4 Å². The quantitative estimate of drug-likeness (QED) is 0.872. The Balaban J connectivity index is 1.74. The molecule has 0 atom stereocenters. The summed E-state index contributed by atoms with van der Waals surface area (Å²) < 4.78 is 0.562. The van der Waals surface area contributed by atoms with Crippen molar-refractivity contribution in [3.8, 4) is 0 Å². The molecule has 0 spiro atoms. The van der Waals surface area contributed by atoms with E-state index in [1.54, 1.807) is 29.6 Å². The lowest BCUT2D eigenvalue weighted by Crippen LogP contribution is -2.47. The van der Waals surface area contributed by atoms with E-state index in [0.717, 1.165) is 5.69 Å². The summed E-state index contributed by atoms with van der Waals surface area (Å²) in [4.78, 5) is 25.5. The molecule has 1 fully saturated rings. The number of anilines is 2. The van der Waals surface area contributed by atoms with E-state index < -0.39 is 0 Å². The third kappa shape index (κ3) is 3.77. The zero-order valence-corrected chi connectivity index (χ0v) is 14.3. The van der Waals surface area contributed by atoms with Crippen LogP contribution in [0.2, 0.25) is 9.36 Å². The third-order valence-electron chi connectivity index (χ3n) is 3.41. The van der Waals surface area contributed by atoms with Crippen molar-refractivity contribution in [2.24, 2.45) is 0 Å². The van der Waals surface area contributed by atoms with E-state index in [2.05, 4.69) is 10.6 Å². The summed E-state index contributed by atoms with van der Waals surface area (Å²) in [6, 6.07) is 6.86. The van der Waals surface area contributed by atoms with Crippen molar-refractivity contribution in [3.63, 3.8) is 0 Å². The number of nitrogens with zero attached hydrogens (tertiary/aromatic N) is 1. The SMILES string of the molecule is O=C1CN(c2ccc(NC(=O)c3csc(Cl)c3)cc2Cl)CCN1. The monoisotopic (exact) mass is 369 g/mol. The number of hydrogen-bond donors (Lipinski definition) is 2. The van der Waals surface area contributed by atoms with Crippen molar-refractivity contribution in [2.75, 3.05) is 29.9 Å². The third-order valence-corrected chi connectivity index (χ3v) is 4.81. The molecule has 0 saturated carbocycles. The topological polar surface area (TPSA) is 61.4 Å². The molecule has 1 aromatic heterocycles. The lowest BCUT2D eigenvalue weighted by molar-refractivity contribution is -0.120. The van der Waals surface area contributed by atoms with Gasteiger partial charge in [-0.1, -0.05) is 23.2 Å². The van der Waals surface area contributed by atoms with E-state index in [-0.39, 0.29) is 18.4 Å². The molecule has 23 heavy (non-hydrogen) atoms. The van der Waals surface area contributed by atoms with Crippen LogP contribution in [0.5, 0.6) is 0 Å². The molecule has 2 heterocycles. The molecule has 0 radical (unpaired) electrons. The molecule has 120 valence electrons. The summed E-state index contributed by atoms with van der Waals surface area (Å²) in [7, 11) is 0. The molecule has 1 aliphatic rings. The first-order chi connectivity index (χ1) is 11.0. The highest BCUT2D eigenvalue weighted by Crippen LogP contribution is 2.29. The second-order valence-electron chi connectivity index (χ2n) is 5.03. The minimum absolute atomic E-state index is 0.0287. The van der Waals surface area contributed by atoms with Crippen LogP contribution in [0.15, 0.2) is 29.6 Å². The highest BCUT2D eigenvalue weighted by atomic mass is 35.5. The molecule has 0 bridgehead atoms. The molecule has 0 unspecified atom stereocenters. The fraction of sp³-hybridized carbons (Fsp3) is 0.200. The van der Waals surface area contributed by atoms with Crippen molar-refractivity contribution >= 4 is 57.7 Å². The van der Waals surface area contributed by atoms with Gasteiger partial charge < -0.3 is 15.5 Å². The predicted octanol–water partition coefficient (Wildman–Crippen LogP) is 3.24. The molecular formula is C15H13Cl2N3O2S. The first kappa shape index (κ1) is 16.1. The minimum atomic E-state index is -0.241. The molecule has 5 nitrogen and oxygen atoms in total. The van der Waals surface area contributed by atoms with E-state index in [4.69, 9.17) is 23.2 Å². The van der Waals surface area contributed by atoms with Gasteiger partial charge in [-0.2, -0.15) is 0 Å². The molecule has 1 saturated heterocycles. The minimum Gasteiger partial charge on any atom is -0.359 e. The molecule has 1 aliphatic heterocycles. The fourth-order valence-corrected chi connectivity index (χ4v) is 3.48. The van der Waals surface area contributed by atoms with Gasteiger partial charge in [-0.05, 0) is 24.3 Å². The Hall–Kier alpha value is -1.76. The Labute approximate surface area is 147 Å². The average Bonchev–Trinajstić information content (AvgIpc) is 2.94. The number of benzene rings is 1. The van der Waals surface area contributed by atoms with Gasteiger partial charge in [0.05, 0.1) is 27.2 Å². The number of rotatable bonds is 3. The zero-order valence-electron chi connectivity index (χ0n) is 11.9. The van der Waals surface area contributed by atoms with E-state index >= 15 is 0 Å². The van der Waals surface area contributed by atoms with Crippen LogP contribution in [-0.2, 0) is 4.79 Å². The second-order valence-corrected chi connectivity index (χ2v) is 6.98. The summed E-state index contributed by atoms with van der Waals surface area (Å²) in [5.41, 5.74) is 1.87. The number of carbonyl (C=O) groups excluding carboxylic acids is 2. The van der Waals surface area contributed by atoms with Gasteiger partial charge in [-0.3, -0.25) is 9.59 Å². The van der Waals surface area contributed by atoms with Gasteiger partial charge in [0, 0.05) is 24.2 Å². The summed E-state index contributed by atoms with van der Waals surface area (Å²) in [5.74, 6) is -0.270. The maximum Gasteiger partial charge on any atom is 0.256 e. The number of amides is 2. The van der Waals surface area contributed by atoms with Gasteiger partial charge in [0.1, 0.15) is 0 Å². The number of hydrogen-bond acceptors (Lipinski definition) is 4. The molecule has 1 aromatic carbocycles. The summed E-state index contributed by atoms with van der Waals surface area (Å²) >= 11 is 13.4. The van der Waals surface area contributed by atoms with Crippen LogP contribution < -0.4 is 15.5 Å². The number of carbonyl (C=O) groups is 2. The van der Waals surface area contributed by atoms with Crippen molar-refractivity contribution in [2.45, 2.75) is 0 Å². The molecule has 0 aliphatic carbocycles. The molecule has 2 N–H and O–H groups in total. The second kappa shape index (κ2) is 6.78. The first-order valence-corrected chi connectivity index (χ1v) is 8.53. The van der Waals surface area contributed by atoms with Crippen LogP contribution in [0.1, 0.15) is 10.4 Å². The van der Waals surface area contributed by atoms with Crippen molar-refractivity contribution in [1.29, 1.82) is 0 Å². The highest BCUT2D eigenvalue weighted by Gasteiger charge is 2.19.